The molecular formula is C16H15N3O3. The molecule has 3 aromatic rings. The summed E-state index contributed by atoms with van der Waals surface area (Å²) in [5.41, 5.74) is 1.45. The molecule has 1 fully saturated rings. The van der Waals surface area contributed by atoms with Crippen molar-refractivity contribution >= 4 is 22.8 Å². The molecule has 22 heavy (non-hydrogen) atoms. The molecule has 0 aromatic carbocycles. The zero-order valence-electron chi connectivity index (χ0n) is 12.3. The Labute approximate surface area is 126 Å². The molecule has 0 unspecified atom stereocenters. The van der Waals surface area contributed by atoms with E-state index in [1.807, 2.05) is 26.0 Å². The molecule has 0 aliphatic heterocycles. The number of nitrogens with zero attached hydrogens (tertiary/aromatic N) is 2. The van der Waals surface area contributed by atoms with Crippen LogP contribution in [0.4, 0.5) is 5.82 Å². The van der Waals surface area contributed by atoms with E-state index >= 15 is 0 Å². The van der Waals surface area contributed by atoms with Crippen molar-refractivity contribution in [2.45, 2.75) is 26.2 Å². The molecule has 2 atom stereocenters. The highest BCUT2D eigenvalue weighted by Crippen LogP contribution is 2.48. The number of rotatable bonds is 3. The lowest BCUT2D eigenvalue weighted by Crippen LogP contribution is -2.15. The molecule has 3 aromatic heterocycles. The average molecular weight is 297 g/mol. The number of carbonyl (C=O) groups is 1. The van der Waals surface area contributed by atoms with Gasteiger partial charge in [0.2, 0.25) is 11.6 Å². The summed E-state index contributed by atoms with van der Waals surface area (Å²) in [4.78, 5) is 20.7. The Morgan fingerprint density at radius 3 is 3.00 bits per heavy atom. The van der Waals surface area contributed by atoms with Crippen LogP contribution in [0.25, 0.3) is 11.1 Å². The van der Waals surface area contributed by atoms with E-state index in [0.717, 1.165) is 28.9 Å². The average Bonchev–Trinajstić information content (AvgIpc) is 3.00. The van der Waals surface area contributed by atoms with E-state index in [1.54, 1.807) is 6.26 Å². The van der Waals surface area contributed by atoms with Crippen LogP contribution < -0.4 is 5.32 Å². The predicted octanol–water partition coefficient (Wildman–Crippen LogP) is 3.17. The largest absolute Gasteiger partial charge is 0.469 e. The van der Waals surface area contributed by atoms with Gasteiger partial charge in [0, 0.05) is 17.4 Å². The molecule has 1 N–H and O–H groups in total. The number of aromatic nitrogens is 2. The Balaban J connectivity index is 1.58. The first-order valence-electron chi connectivity index (χ1n) is 7.20. The molecule has 6 heteroatoms. The summed E-state index contributed by atoms with van der Waals surface area (Å²) in [5.74, 6) is 2.22. The van der Waals surface area contributed by atoms with Crippen LogP contribution in [0, 0.1) is 19.8 Å². The second kappa shape index (κ2) is 4.69. The van der Waals surface area contributed by atoms with Crippen LogP contribution in [-0.2, 0) is 4.79 Å². The van der Waals surface area contributed by atoms with Crippen LogP contribution in [0.3, 0.4) is 0 Å². The van der Waals surface area contributed by atoms with Gasteiger partial charge >= 0.3 is 0 Å². The Morgan fingerprint density at radius 2 is 2.23 bits per heavy atom. The SMILES string of the molecule is Cc1oc2ncnc(NC(=O)[C@H]3C[C@H]3c3ccco3)c2c1C. The highest BCUT2D eigenvalue weighted by Gasteiger charge is 2.46. The summed E-state index contributed by atoms with van der Waals surface area (Å²) < 4.78 is 10.9. The van der Waals surface area contributed by atoms with E-state index in [9.17, 15) is 4.79 Å². The van der Waals surface area contributed by atoms with Gasteiger partial charge in [-0.15, -0.1) is 0 Å². The smallest absolute Gasteiger partial charge is 0.231 e. The molecular weight excluding hydrogens is 282 g/mol. The third kappa shape index (κ3) is 1.99. The van der Waals surface area contributed by atoms with Crippen molar-refractivity contribution in [1.82, 2.24) is 9.97 Å². The number of fused-ring (bicyclic) bond motifs is 1. The molecule has 1 amide bonds. The fourth-order valence-corrected chi connectivity index (χ4v) is 2.79. The fraction of sp³-hybridized carbons (Fsp3) is 0.312. The van der Waals surface area contributed by atoms with Crippen molar-refractivity contribution in [2.75, 3.05) is 5.32 Å². The van der Waals surface area contributed by atoms with Crippen LogP contribution in [0.5, 0.6) is 0 Å². The minimum atomic E-state index is -0.0653. The fourth-order valence-electron chi connectivity index (χ4n) is 2.79. The summed E-state index contributed by atoms with van der Waals surface area (Å²) in [6.07, 6.45) is 3.84. The zero-order chi connectivity index (χ0) is 15.3. The molecule has 112 valence electrons. The minimum Gasteiger partial charge on any atom is -0.469 e. The van der Waals surface area contributed by atoms with Gasteiger partial charge in [0.1, 0.15) is 23.7 Å². The van der Waals surface area contributed by atoms with Gasteiger partial charge in [0.05, 0.1) is 11.6 Å². The first-order valence-corrected chi connectivity index (χ1v) is 7.20. The topological polar surface area (TPSA) is 81.2 Å². The predicted molar refractivity (Wildman–Crippen MR) is 79.5 cm³/mol. The summed E-state index contributed by atoms with van der Waals surface area (Å²) in [6.45, 7) is 3.80. The minimum absolute atomic E-state index is 0.0420. The van der Waals surface area contributed by atoms with Crippen molar-refractivity contribution in [3.8, 4) is 0 Å². The lowest BCUT2D eigenvalue weighted by Gasteiger charge is -2.04. The molecule has 6 nitrogen and oxygen atoms in total. The van der Waals surface area contributed by atoms with Crippen LogP contribution in [0.15, 0.2) is 33.6 Å². The van der Waals surface area contributed by atoms with Gasteiger partial charge < -0.3 is 14.2 Å². The Kier molecular flexibility index (Phi) is 2.79. The molecule has 4 rings (SSSR count). The summed E-state index contributed by atoms with van der Waals surface area (Å²) in [5, 5.41) is 3.67. The molecule has 1 aliphatic rings. The number of nitrogens with one attached hydrogen (secondary N) is 1. The van der Waals surface area contributed by atoms with Crippen molar-refractivity contribution in [3.05, 3.63) is 41.8 Å². The zero-order valence-corrected chi connectivity index (χ0v) is 12.3. The Bertz CT molecular complexity index is 851. The molecule has 0 bridgehead atoms. The van der Waals surface area contributed by atoms with E-state index < -0.39 is 0 Å². The van der Waals surface area contributed by atoms with E-state index in [0.29, 0.717) is 11.5 Å². The maximum atomic E-state index is 12.4. The first-order chi connectivity index (χ1) is 10.6. The van der Waals surface area contributed by atoms with E-state index in [2.05, 4.69) is 15.3 Å². The van der Waals surface area contributed by atoms with Crippen LogP contribution in [0.1, 0.15) is 29.4 Å². The second-order valence-electron chi connectivity index (χ2n) is 5.64. The van der Waals surface area contributed by atoms with Gasteiger partial charge in [0.15, 0.2) is 0 Å². The number of hydrogen-bond acceptors (Lipinski definition) is 5. The van der Waals surface area contributed by atoms with E-state index in [-0.39, 0.29) is 17.7 Å². The van der Waals surface area contributed by atoms with Crippen molar-refractivity contribution in [3.63, 3.8) is 0 Å². The number of hydrogen-bond donors (Lipinski definition) is 1. The quantitative estimate of drug-likeness (QED) is 0.803. The van der Waals surface area contributed by atoms with Gasteiger partial charge in [-0.05, 0) is 32.4 Å². The van der Waals surface area contributed by atoms with Crippen LogP contribution >= 0.6 is 0 Å². The number of aryl methyl sites for hydroxylation is 2. The molecule has 0 radical (unpaired) electrons. The van der Waals surface area contributed by atoms with Crippen LogP contribution in [-0.4, -0.2) is 15.9 Å². The Morgan fingerprint density at radius 1 is 1.36 bits per heavy atom. The molecule has 1 aliphatic carbocycles. The number of furan rings is 2. The van der Waals surface area contributed by atoms with Crippen molar-refractivity contribution in [1.29, 1.82) is 0 Å². The third-order valence-corrected chi connectivity index (χ3v) is 4.24. The van der Waals surface area contributed by atoms with Crippen molar-refractivity contribution in [2.24, 2.45) is 5.92 Å². The molecule has 3 heterocycles. The van der Waals surface area contributed by atoms with Gasteiger partial charge in [-0.1, -0.05) is 0 Å². The summed E-state index contributed by atoms with van der Waals surface area (Å²) in [7, 11) is 0. The van der Waals surface area contributed by atoms with E-state index in [1.165, 1.54) is 6.33 Å². The van der Waals surface area contributed by atoms with Gasteiger partial charge in [-0.3, -0.25) is 4.79 Å². The number of amides is 1. The summed E-state index contributed by atoms with van der Waals surface area (Å²) in [6, 6.07) is 3.75. The number of anilines is 1. The van der Waals surface area contributed by atoms with Gasteiger partial charge in [-0.2, -0.15) is 0 Å². The van der Waals surface area contributed by atoms with E-state index in [4.69, 9.17) is 8.83 Å². The highest BCUT2D eigenvalue weighted by molar-refractivity contribution is 6.01. The molecule has 0 spiro atoms. The highest BCUT2D eigenvalue weighted by atomic mass is 16.3. The van der Waals surface area contributed by atoms with Crippen LogP contribution in [0.2, 0.25) is 0 Å². The maximum absolute atomic E-state index is 12.4. The molecule has 1 saturated carbocycles. The number of carbonyl (C=O) groups excluding carboxylic acids is 1. The monoisotopic (exact) mass is 297 g/mol. The standard InChI is InChI=1S/C16H15N3O3/c1-8-9(2)22-16-13(8)14(17-7-18-16)19-15(20)11-6-10(11)12-4-3-5-21-12/h3-5,7,10-11H,6H2,1-2H3,(H,17,18,19,20)/t10-,11+/m1/s1. The van der Waals surface area contributed by atoms with Gasteiger partial charge in [-0.25, -0.2) is 9.97 Å². The summed E-state index contributed by atoms with van der Waals surface area (Å²) >= 11 is 0. The third-order valence-electron chi connectivity index (χ3n) is 4.24. The lowest BCUT2D eigenvalue weighted by atomic mass is 10.2. The normalized spacial score (nSPS) is 20.3. The first kappa shape index (κ1) is 13.1. The maximum Gasteiger partial charge on any atom is 0.231 e. The lowest BCUT2D eigenvalue weighted by molar-refractivity contribution is -0.117. The van der Waals surface area contributed by atoms with Gasteiger partial charge in [0.25, 0.3) is 0 Å². The van der Waals surface area contributed by atoms with Crippen molar-refractivity contribution < 1.29 is 13.6 Å². The molecule has 0 saturated heterocycles. The second-order valence-corrected chi connectivity index (χ2v) is 5.64. The Hall–Kier alpha value is -2.63.